The van der Waals surface area contributed by atoms with Crippen LogP contribution in [0.25, 0.3) is 10.8 Å². The maximum Gasteiger partial charge on any atom is 0.254 e. The maximum absolute atomic E-state index is 12.4. The predicted octanol–water partition coefficient (Wildman–Crippen LogP) is 3.58. The number of hydrogen-bond acceptors (Lipinski definition) is 5. The number of rotatable bonds is 6. The highest BCUT2D eigenvalue weighted by Crippen LogP contribution is 2.33. The largest absolute Gasteiger partial charge is 0.472 e. The Bertz CT molecular complexity index is 994. The first-order chi connectivity index (χ1) is 14.2. The van der Waals surface area contributed by atoms with Crippen LogP contribution in [0.5, 0.6) is 0 Å². The van der Waals surface area contributed by atoms with Crippen molar-refractivity contribution in [2.45, 2.75) is 25.7 Å². The third-order valence-corrected chi connectivity index (χ3v) is 5.19. The topological polar surface area (TPSA) is 87.5 Å². The standard InChI is InChI=1S/C22H24N4O3/c27-21(7-10-24-22(28)16-8-13-29-15-16)25-19-4-5-20(26-11-2-1-3-12-26)17-6-9-23-14-18(17)19/h4-6,8-9,13-15H,1-3,7,10-12H2,(H,24,28)(H,25,27). The highest BCUT2D eigenvalue weighted by molar-refractivity contribution is 6.06. The molecule has 1 aromatic carbocycles. The monoisotopic (exact) mass is 392 g/mol. The Kier molecular flexibility index (Phi) is 5.74. The Morgan fingerprint density at radius 1 is 1.07 bits per heavy atom. The van der Waals surface area contributed by atoms with Crippen LogP contribution in [0.4, 0.5) is 11.4 Å². The zero-order chi connectivity index (χ0) is 20.1. The van der Waals surface area contributed by atoms with Gasteiger partial charge < -0.3 is 20.0 Å². The summed E-state index contributed by atoms with van der Waals surface area (Å²) in [6, 6.07) is 7.60. The molecule has 0 unspecified atom stereocenters. The summed E-state index contributed by atoms with van der Waals surface area (Å²) in [5.41, 5.74) is 2.36. The van der Waals surface area contributed by atoms with E-state index < -0.39 is 0 Å². The second-order valence-corrected chi connectivity index (χ2v) is 7.17. The van der Waals surface area contributed by atoms with Gasteiger partial charge in [-0.25, -0.2) is 0 Å². The zero-order valence-corrected chi connectivity index (χ0v) is 16.2. The fourth-order valence-corrected chi connectivity index (χ4v) is 3.69. The van der Waals surface area contributed by atoms with Crippen molar-refractivity contribution in [3.8, 4) is 0 Å². The molecule has 0 bridgehead atoms. The second-order valence-electron chi connectivity index (χ2n) is 7.17. The van der Waals surface area contributed by atoms with Crippen molar-refractivity contribution in [3.63, 3.8) is 0 Å². The fourth-order valence-electron chi connectivity index (χ4n) is 3.69. The molecule has 2 amide bonds. The summed E-state index contributed by atoms with van der Waals surface area (Å²) >= 11 is 0. The molecule has 150 valence electrons. The summed E-state index contributed by atoms with van der Waals surface area (Å²) in [7, 11) is 0. The molecule has 1 fully saturated rings. The lowest BCUT2D eigenvalue weighted by atomic mass is 10.0. The number of hydrogen-bond donors (Lipinski definition) is 2. The van der Waals surface area contributed by atoms with Gasteiger partial charge >= 0.3 is 0 Å². The molecule has 29 heavy (non-hydrogen) atoms. The molecule has 1 aliphatic heterocycles. The number of nitrogens with zero attached hydrogens (tertiary/aromatic N) is 2. The molecule has 3 aromatic rings. The predicted molar refractivity (Wildman–Crippen MR) is 112 cm³/mol. The minimum atomic E-state index is -0.257. The van der Waals surface area contributed by atoms with E-state index >= 15 is 0 Å². The molecule has 1 saturated heterocycles. The van der Waals surface area contributed by atoms with Crippen molar-refractivity contribution in [1.82, 2.24) is 10.3 Å². The van der Waals surface area contributed by atoms with Gasteiger partial charge in [-0.1, -0.05) is 0 Å². The minimum absolute atomic E-state index is 0.159. The van der Waals surface area contributed by atoms with Crippen molar-refractivity contribution >= 4 is 34.0 Å². The van der Waals surface area contributed by atoms with E-state index in [-0.39, 0.29) is 24.8 Å². The Morgan fingerprint density at radius 3 is 2.72 bits per heavy atom. The van der Waals surface area contributed by atoms with Crippen molar-refractivity contribution in [2.24, 2.45) is 0 Å². The van der Waals surface area contributed by atoms with Gasteiger partial charge in [-0.3, -0.25) is 14.6 Å². The molecule has 0 atom stereocenters. The third kappa shape index (κ3) is 4.39. The quantitative estimate of drug-likeness (QED) is 0.670. The van der Waals surface area contributed by atoms with Crippen LogP contribution < -0.4 is 15.5 Å². The van der Waals surface area contributed by atoms with E-state index in [1.807, 2.05) is 12.1 Å². The summed E-state index contributed by atoms with van der Waals surface area (Å²) in [4.78, 5) is 30.9. The average molecular weight is 392 g/mol. The first-order valence-electron chi connectivity index (χ1n) is 9.94. The number of amides is 2. The highest BCUT2D eigenvalue weighted by atomic mass is 16.3. The molecule has 4 rings (SSSR count). The number of pyridine rings is 1. The van der Waals surface area contributed by atoms with Crippen LogP contribution in [0.2, 0.25) is 0 Å². The average Bonchev–Trinajstić information content (AvgIpc) is 3.30. The van der Waals surface area contributed by atoms with Crippen molar-refractivity contribution in [1.29, 1.82) is 0 Å². The van der Waals surface area contributed by atoms with E-state index in [0.29, 0.717) is 5.56 Å². The maximum atomic E-state index is 12.4. The Hall–Kier alpha value is -3.35. The number of fused-ring (bicyclic) bond motifs is 1. The van der Waals surface area contributed by atoms with E-state index in [1.54, 1.807) is 18.5 Å². The molecule has 1 aliphatic rings. The molecule has 0 saturated carbocycles. The van der Waals surface area contributed by atoms with E-state index in [4.69, 9.17) is 4.42 Å². The smallest absolute Gasteiger partial charge is 0.254 e. The van der Waals surface area contributed by atoms with Crippen LogP contribution in [-0.2, 0) is 4.79 Å². The lowest BCUT2D eigenvalue weighted by Gasteiger charge is -2.30. The van der Waals surface area contributed by atoms with Gasteiger partial charge in [0.2, 0.25) is 5.91 Å². The summed E-state index contributed by atoms with van der Waals surface area (Å²) < 4.78 is 4.89. The zero-order valence-electron chi connectivity index (χ0n) is 16.2. The van der Waals surface area contributed by atoms with Gasteiger partial charge in [0.1, 0.15) is 6.26 Å². The molecule has 0 spiro atoms. The van der Waals surface area contributed by atoms with Crippen molar-refractivity contribution in [3.05, 3.63) is 54.7 Å². The third-order valence-electron chi connectivity index (χ3n) is 5.19. The van der Waals surface area contributed by atoms with Gasteiger partial charge in [0, 0.05) is 54.9 Å². The van der Waals surface area contributed by atoms with E-state index in [1.165, 1.54) is 37.5 Å². The lowest BCUT2D eigenvalue weighted by molar-refractivity contribution is -0.116. The minimum Gasteiger partial charge on any atom is -0.472 e. The van der Waals surface area contributed by atoms with Crippen LogP contribution in [0.1, 0.15) is 36.0 Å². The van der Waals surface area contributed by atoms with E-state index in [2.05, 4.69) is 26.6 Å². The number of piperidine rings is 1. The Morgan fingerprint density at radius 2 is 1.93 bits per heavy atom. The molecular formula is C22H24N4O3. The number of benzene rings is 1. The number of nitrogens with one attached hydrogen (secondary N) is 2. The van der Waals surface area contributed by atoms with E-state index in [9.17, 15) is 9.59 Å². The van der Waals surface area contributed by atoms with Gasteiger partial charge in [0.05, 0.1) is 17.5 Å². The first kappa shape index (κ1) is 19.0. The van der Waals surface area contributed by atoms with Crippen LogP contribution in [0, 0.1) is 0 Å². The summed E-state index contributed by atoms with van der Waals surface area (Å²) in [5, 5.41) is 7.68. The van der Waals surface area contributed by atoms with Gasteiger partial charge in [0.25, 0.3) is 5.91 Å². The second kappa shape index (κ2) is 8.77. The molecular weight excluding hydrogens is 368 g/mol. The van der Waals surface area contributed by atoms with Crippen LogP contribution in [-0.4, -0.2) is 36.4 Å². The van der Waals surface area contributed by atoms with Gasteiger partial charge in [0.15, 0.2) is 0 Å². The number of anilines is 2. The summed E-state index contributed by atoms with van der Waals surface area (Å²) in [5.74, 6) is -0.416. The van der Waals surface area contributed by atoms with Crippen LogP contribution in [0.3, 0.4) is 0 Å². The SMILES string of the molecule is O=C(CCNC(=O)c1ccoc1)Nc1ccc(N2CCCCC2)c2ccncc12. The molecule has 7 heteroatoms. The van der Waals surface area contributed by atoms with Gasteiger partial charge in [-0.2, -0.15) is 0 Å². The number of carbonyl (C=O) groups excluding carboxylic acids is 2. The molecule has 2 aromatic heterocycles. The molecule has 7 nitrogen and oxygen atoms in total. The van der Waals surface area contributed by atoms with E-state index in [0.717, 1.165) is 29.5 Å². The highest BCUT2D eigenvalue weighted by Gasteiger charge is 2.16. The number of carbonyl (C=O) groups is 2. The fraction of sp³-hybridized carbons (Fsp3) is 0.318. The lowest BCUT2D eigenvalue weighted by Crippen LogP contribution is -2.29. The number of aromatic nitrogens is 1. The summed E-state index contributed by atoms with van der Waals surface area (Å²) in [6.07, 6.45) is 10.3. The van der Waals surface area contributed by atoms with Crippen molar-refractivity contribution in [2.75, 3.05) is 29.9 Å². The van der Waals surface area contributed by atoms with Gasteiger partial charge in [-0.05, 0) is 43.5 Å². The van der Waals surface area contributed by atoms with Gasteiger partial charge in [-0.15, -0.1) is 0 Å². The molecule has 0 aliphatic carbocycles. The molecule has 3 heterocycles. The number of furan rings is 1. The Labute approximate surface area is 169 Å². The van der Waals surface area contributed by atoms with Crippen LogP contribution in [0.15, 0.2) is 53.6 Å². The van der Waals surface area contributed by atoms with Crippen LogP contribution >= 0.6 is 0 Å². The molecule has 2 N–H and O–H groups in total. The first-order valence-corrected chi connectivity index (χ1v) is 9.94. The Balaban J connectivity index is 1.42. The molecule has 0 radical (unpaired) electrons. The normalized spacial score (nSPS) is 14.0. The van der Waals surface area contributed by atoms with Crippen molar-refractivity contribution < 1.29 is 14.0 Å². The summed E-state index contributed by atoms with van der Waals surface area (Å²) in [6.45, 7) is 2.36.